The summed E-state index contributed by atoms with van der Waals surface area (Å²) in [5, 5.41) is 2.82. The molecule has 2 aliphatic heterocycles. The Morgan fingerprint density at radius 2 is 1.86 bits per heavy atom. The summed E-state index contributed by atoms with van der Waals surface area (Å²) in [5.74, 6) is -0.153. The number of carbonyl (C=O) groups excluding carboxylic acids is 2. The van der Waals surface area contributed by atoms with Gasteiger partial charge in [0.05, 0.1) is 7.11 Å². The molecule has 1 aromatic heterocycles. The molecule has 3 atom stereocenters. The van der Waals surface area contributed by atoms with Crippen molar-refractivity contribution >= 4 is 12.0 Å². The van der Waals surface area contributed by atoms with Crippen molar-refractivity contribution in [2.24, 2.45) is 5.92 Å². The molecule has 1 aromatic carbocycles. The molecule has 1 N–H and O–H groups in total. The molecule has 28 heavy (non-hydrogen) atoms. The Labute approximate surface area is 162 Å². The monoisotopic (exact) mass is 381 g/mol. The summed E-state index contributed by atoms with van der Waals surface area (Å²) in [6.45, 7) is 1.70. The minimum Gasteiger partial charge on any atom is -0.467 e. The highest BCUT2D eigenvalue weighted by atomic mass is 16.5. The molecule has 0 radical (unpaired) electrons. The van der Waals surface area contributed by atoms with Gasteiger partial charge in [-0.1, -0.05) is 36.4 Å². The Kier molecular flexibility index (Phi) is 4.90. The van der Waals surface area contributed by atoms with Crippen LogP contribution in [0.3, 0.4) is 0 Å². The van der Waals surface area contributed by atoms with E-state index in [4.69, 9.17) is 4.74 Å². The van der Waals surface area contributed by atoms with Crippen molar-refractivity contribution < 1.29 is 14.3 Å². The molecule has 2 bridgehead atoms. The number of rotatable bonds is 3. The first kappa shape index (κ1) is 18.3. The summed E-state index contributed by atoms with van der Waals surface area (Å²) in [7, 11) is 1.31. The van der Waals surface area contributed by atoms with Gasteiger partial charge in [0.1, 0.15) is 0 Å². The molecule has 2 aromatic rings. The zero-order valence-electron chi connectivity index (χ0n) is 15.7. The van der Waals surface area contributed by atoms with Crippen molar-refractivity contribution in [2.75, 3.05) is 20.2 Å². The molecule has 7 nitrogen and oxygen atoms in total. The lowest BCUT2D eigenvalue weighted by atomic mass is 9.83. The van der Waals surface area contributed by atoms with E-state index in [1.165, 1.54) is 7.11 Å². The summed E-state index contributed by atoms with van der Waals surface area (Å²) < 4.78 is 6.71. The van der Waals surface area contributed by atoms with Gasteiger partial charge in [-0.3, -0.25) is 4.79 Å². The number of urea groups is 1. The number of benzene rings is 1. The highest BCUT2D eigenvalue weighted by Gasteiger charge is 2.37. The maximum atomic E-state index is 13.0. The number of amides is 2. The highest BCUT2D eigenvalue weighted by Crippen LogP contribution is 2.35. The maximum absolute atomic E-state index is 13.0. The number of methoxy groups -OCH3 is 1. The summed E-state index contributed by atoms with van der Waals surface area (Å²) in [5.41, 5.74) is 1.67. The molecule has 0 spiro atoms. The van der Waals surface area contributed by atoms with E-state index >= 15 is 0 Å². The van der Waals surface area contributed by atoms with E-state index in [-0.39, 0.29) is 23.4 Å². The van der Waals surface area contributed by atoms with Crippen molar-refractivity contribution in [1.82, 2.24) is 14.8 Å². The normalized spacial score (nSPS) is 21.4. The van der Waals surface area contributed by atoms with Gasteiger partial charge in [0.25, 0.3) is 5.56 Å². The number of aromatic nitrogens is 1. The fourth-order valence-corrected chi connectivity index (χ4v) is 4.32. The van der Waals surface area contributed by atoms with E-state index in [0.29, 0.717) is 25.2 Å². The number of esters is 1. The van der Waals surface area contributed by atoms with Crippen molar-refractivity contribution in [3.8, 4) is 0 Å². The Morgan fingerprint density at radius 1 is 1.07 bits per heavy atom. The van der Waals surface area contributed by atoms with Crippen LogP contribution in [0.15, 0.2) is 53.3 Å². The van der Waals surface area contributed by atoms with Crippen molar-refractivity contribution in [3.05, 3.63) is 70.1 Å². The third-order valence-corrected chi connectivity index (χ3v) is 5.60. The fourth-order valence-electron chi connectivity index (χ4n) is 4.32. The average Bonchev–Trinajstić information content (AvgIpc) is 2.72. The smallest absolute Gasteiger partial charge is 0.333 e. The summed E-state index contributed by atoms with van der Waals surface area (Å²) in [6.07, 6.45) is 0.965. The molecular formula is C21H23N3O4. The number of nitrogens with one attached hydrogen (secondary N) is 1. The fraction of sp³-hybridized carbons (Fsp3) is 0.381. The number of fused-ring (bicyclic) bond motifs is 4. The molecular weight excluding hydrogens is 358 g/mol. The molecule has 2 aliphatic rings. The molecule has 3 heterocycles. The number of ether oxygens (including phenoxy) is 1. The lowest BCUT2D eigenvalue weighted by molar-refractivity contribution is -0.143. The number of carbonyl (C=O) groups is 2. The summed E-state index contributed by atoms with van der Waals surface area (Å²) in [6, 6.07) is 13.2. The molecule has 1 saturated heterocycles. The van der Waals surface area contributed by atoms with Gasteiger partial charge < -0.3 is 19.5 Å². The van der Waals surface area contributed by atoms with E-state index in [1.54, 1.807) is 29.2 Å². The third kappa shape index (κ3) is 3.40. The van der Waals surface area contributed by atoms with Gasteiger partial charge in [0.2, 0.25) is 0 Å². The second-order valence-electron chi connectivity index (χ2n) is 7.42. The van der Waals surface area contributed by atoms with Crippen molar-refractivity contribution in [1.29, 1.82) is 0 Å². The largest absolute Gasteiger partial charge is 0.467 e. The second-order valence-corrected chi connectivity index (χ2v) is 7.42. The topological polar surface area (TPSA) is 80.6 Å². The lowest BCUT2D eigenvalue weighted by Gasteiger charge is -2.42. The SMILES string of the molecule is COC(=O)[C@H](NC(=O)N1C[C@H]2C[C@@H](C1)c1cccc(=O)n1C2)c1ccccc1. The van der Waals surface area contributed by atoms with Crippen LogP contribution in [0.4, 0.5) is 4.79 Å². The van der Waals surface area contributed by atoms with Crippen LogP contribution in [0.5, 0.6) is 0 Å². The van der Waals surface area contributed by atoms with Crippen molar-refractivity contribution in [3.63, 3.8) is 0 Å². The Morgan fingerprint density at radius 3 is 2.61 bits per heavy atom. The van der Waals surface area contributed by atoms with Gasteiger partial charge in [0.15, 0.2) is 6.04 Å². The number of hydrogen-bond donors (Lipinski definition) is 1. The first-order valence-electron chi connectivity index (χ1n) is 9.44. The number of likely N-dealkylation sites (tertiary alicyclic amines) is 1. The predicted molar refractivity (Wildman–Crippen MR) is 103 cm³/mol. The van der Waals surface area contributed by atoms with Crippen LogP contribution in [0.25, 0.3) is 0 Å². The molecule has 146 valence electrons. The van der Waals surface area contributed by atoms with Crippen LogP contribution in [0, 0.1) is 5.92 Å². The van der Waals surface area contributed by atoms with E-state index in [2.05, 4.69) is 5.32 Å². The zero-order chi connectivity index (χ0) is 19.7. The lowest BCUT2D eigenvalue weighted by Crippen LogP contribution is -2.53. The molecule has 4 rings (SSSR count). The minimum atomic E-state index is -0.852. The van der Waals surface area contributed by atoms with E-state index in [1.807, 2.05) is 28.8 Å². The standard InChI is InChI=1S/C21H23N3O4/c1-28-20(26)19(15-6-3-2-4-7-15)22-21(27)23-11-14-10-16(13-23)17-8-5-9-18(25)24(17)12-14/h2-9,14,16,19H,10-13H2,1H3,(H,22,27)/t14-,16+,19-/m1/s1. The number of pyridine rings is 1. The van der Waals surface area contributed by atoms with Gasteiger partial charge in [-0.15, -0.1) is 0 Å². The molecule has 0 unspecified atom stereocenters. The maximum Gasteiger partial charge on any atom is 0.333 e. The van der Waals surface area contributed by atoms with Crippen LogP contribution in [-0.4, -0.2) is 41.7 Å². The van der Waals surface area contributed by atoms with Crippen LogP contribution < -0.4 is 10.9 Å². The van der Waals surface area contributed by atoms with Gasteiger partial charge in [-0.25, -0.2) is 9.59 Å². The molecule has 1 fully saturated rings. The predicted octanol–water partition coefficient (Wildman–Crippen LogP) is 1.89. The quantitative estimate of drug-likeness (QED) is 0.824. The number of piperidine rings is 1. The van der Waals surface area contributed by atoms with Gasteiger partial charge >= 0.3 is 12.0 Å². The molecule has 2 amide bonds. The minimum absolute atomic E-state index is 0.0138. The van der Waals surface area contributed by atoms with E-state index in [9.17, 15) is 14.4 Å². The average molecular weight is 381 g/mol. The zero-order valence-corrected chi connectivity index (χ0v) is 15.7. The Bertz CT molecular complexity index is 940. The van der Waals surface area contributed by atoms with Crippen LogP contribution in [0.1, 0.15) is 29.6 Å². The van der Waals surface area contributed by atoms with Crippen LogP contribution in [-0.2, 0) is 16.1 Å². The van der Waals surface area contributed by atoms with E-state index in [0.717, 1.165) is 12.1 Å². The van der Waals surface area contributed by atoms with Crippen LogP contribution >= 0.6 is 0 Å². The molecule has 0 aliphatic carbocycles. The van der Waals surface area contributed by atoms with E-state index < -0.39 is 12.0 Å². The van der Waals surface area contributed by atoms with Gasteiger partial charge in [-0.2, -0.15) is 0 Å². The van der Waals surface area contributed by atoms with Gasteiger partial charge in [0, 0.05) is 37.3 Å². The number of nitrogens with zero attached hydrogens (tertiary/aromatic N) is 2. The first-order valence-corrected chi connectivity index (χ1v) is 9.44. The van der Waals surface area contributed by atoms with Gasteiger partial charge in [-0.05, 0) is 24.0 Å². The Balaban J connectivity index is 1.53. The Hall–Kier alpha value is -3.09. The van der Waals surface area contributed by atoms with Crippen LogP contribution in [0.2, 0.25) is 0 Å². The van der Waals surface area contributed by atoms with Crippen molar-refractivity contribution in [2.45, 2.75) is 24.9 Å². The number of hydrogen-bond acceptors (Lipinski definition) is 4. The summed E-state index contributed by atoms with van der Waals surface area (Å²) >= 11 is 0. The second kappa shape index (κ2) is 7.50. The highest BCUT2D eigenvalue weighted by molar-refractivity contribution is 5.84. The summed E-state index contributed by atoms with van der Waals surface area (Å²) in [4.78, 5) is 39.1. The third-order valence-electron chi connectivity index (χ3n) is 5.60. The molecule has 0 saturated carbocycles. The molecule has 7 heteroatoms. The first-order chi connectivity index (χ1) is 13.6.